The summed E-state index contributed by atoms with van der Waals surface area (Å²) in [6.07, 6.45) is 0.822. The SMILES string of the molecule is CCNS(=O)(=O)c1ccc2c(c1)S(=O)(=O)N=C(N1CCc3ccccc3C1)S2. The van der Waals surface area contributed by atoms with Crippen LogP contribution in [0.1, 0.15) is 18.1 Å². The molecular formula is C18H19N3O4S3. The van der Waals surface area contributed by atoms with E-state index in [0.717, 1.165) is 12.0 Å². The Balaban J connectivity index is 1.67. The summed E-state index contributed by atoms with van der Waals surface area (Å²) in [5.41, 5.74) is 2.43. The van der Waals surface area contributed by atoms with Crippen LogP contribution in [0.25, 0.3) is 0 Å². The van der Waals surface area contributed by atoms with Gasteiger partial charge in [0.1, 0.15) is 4.90 Å². The lowest BCUT2D eigenvalue weighted by molar-refractivity contribution is 0.401. The van der Waals surface area contributed by atoms with Gasteiger partial charge < -0.3 is 4.90 Å². The average Bonchev–Trinajstić information content (AvgIpc) is 2.66. The maximum absolute atomic E-state index is 12.8. The Morgan fingerprint density at radius 1 is 1.18 bits per heavy atom. The van der Waals surface area contributed by atoms with Crippen LogP contribution in [-0.2, 0) is 33.0 Å². The van der Waals surface area contributed by atoms with Crippen LogP contribution in [0.2, 0.25) is 0 Å². The number of sulfonamides is 2. The molecule has 0 atom stereocenters. The lowest BCUT2D eigenvalue weighted by Gasteiger charge is -2.32. The first-order chi connectivity index (χ1) is 13.3. The monoisotopic (exact) mass is 437 g/mol. The van der Waals surface area contributed by atoms with E-state index in [1.165, 1.54) is 35.5 Å². The third-order valence-electron chi connectivity index (χ3n) is 4.64. The Morgan fingerprint density at radius 3 is 2.68 bits per heavy atom. The van der Waals surface area contributed by atoms with E-state index in [9.17, 15) is 16.8 Å². The standard InChI is InChI=1S/C18H19N3O4S3/c1-2-19-27(22,23)15-7-8-16-17(11-15)28(24,25)20-18(26-16)21-10-9-13-5-3-4-6-14(13)12-21/h3-8,11,19H,2,9-10,12H2,1H3. The van der Waals surface area contributed by atoms with Gasteiger partial charge in [-0.2, -0.15) is 8.42 Å². The summed E-state index contributed by atoms with van der Waals surface area (Å²) in [6.45, 7) is 3.16. The van der Waals surface area contributed by atoms with E-state index >= 15 is 0 Å². The molecule has 0 saturated heterocycles. The Hall–Kier alpha value is -1.88. The van der Waals surface area contributed by atoms with Crippen LogP contribution in [0, 0.1) is 0 Å². The van der Waals surface area contributed by atoms with Crippen LogP contribution in [0.5, 0.6) is 0 Å². The van der Waals surface area contributed by atoms with E-state index in [1.54, 1.807) is 6.92 Å². The topological polar surface area (TPSA) is 95.9 Å². The molecule has 0 aliphatic carbocycles. The van der Waals surface area contributed by atoms with Crippen molar-refractivity contribution in [2.75, 3.05) is 13.1 Å². The number of benzene rings is 2. The highest BCUT2D eigenvalue weighted by atomic mass is 32.2. The molecule has 148 valence electrons. The first-order valence-corrected chi connectivity index (χ1v) is 12.5. The molecule has 2 heterocycles. The molecule has 0 radical (unpaired) electrons. The highest BCUT2D eigenvalue weighted by Crippen LogP contribution is 2.37. The van der Waals surface area contributed by atoms with Gasteiger partial charge in [-0.1, -0.05) is 31.2 Å². The van der Waals surface area contributed by atoms with Crippen molar-refractivity contribution in [3.05, 3.63) is 53.6 Å². The van der Waals surface area contributed by atoms with Crippen LogP contribution in [0.15, 0.2) is 61.5 Å². The van der Waals surface area contributed by atoms with Gasteiger partial charge in [0.05, 0.1) is 4.90 Å². The number of nitrogens with zero attached hydrogens (tertiary/aromatic N) is 2. The van der Waals surface area contributed by atoms with E-state index in [1.807, 2.05) is 23.1 Å². The average molecular weight is 438 g/mol. The number of hydrogen-bond acceptors (Lipinski definition) is 6. The van der Waals surface area contributed by atoms with Gasteiger partial charge in [-0.3, -0.25) is 0 Å². The molecule has 2 aromatic rings. The van der Waals surface area contributed by atoms with Gasteiger partial charge in [0.15, 0.2) is 5.17 Å². The lowest BCUT2D eigenvalue weighted by Crippen LogP contribution is -2.35. The first-order valence-electron chi connectivity index (χ1n) is 8.78. The van der Waals surface area contributed by atoms with Gasteiger partial charge in [-0.05, 0) is 47.5 Å². The number of thioether (sulfide) groups is 1. The molecule has 0 bridgehead atoms. The van der Waals surface area contributed by atoms with Crippen molar-refractivity contribution in [1.29, 1.82) is 0 Å². The molecular weight excluding hydrogens is 418 g/mol. The van der Waals surface area contributed by atoms with Crippen molar-refractivity contribution in [2.45, 2.75) is 34.6 Å². The molecule has 0 aromatic heterocycles. The minimum absolute atomic E-state index is 0.0716. The van der Waals surface area contributed by atoms with Crippen LogP contribution < -0.4 is 4.72 Å². The molecule has 2 aliphatic heterocycles. The number of fused-ring (bicyclic) bond motifs is 2. The Bertz CT molecular complexity index is 1170. The molecule has 10 heteroatoms. The summed E-state index contributed by atoms with van der Waals surface area (Å²) in [5, 5.41) is 0.421. The van der Waals surface area contributed by atoms with Crippen molar-refractivity contribution in [3.63, 3.8) is 0 Å². The highest BCUT2D eigenvalue weighted by Gasteiger charge is 2.31. The Morgan fingerprint density at radius 2 is 1.93 bits per heavy atom. The predicted molar refractivity (Wildman–Crippen MR) is 108 cm³/mol. The fourth-order valence-corrected chi connectivity index (χ4v) is 7.09. The maximum Gasteiger partial charge on any atom is 0.285 e. The smallest absolute Gasteiger partial charge is 0.285 e. The Kier molecular flexibility index (Phi) is 4.98. The second kappa shape index (κ2) is 7.18. The van der Waals surface area contributed by atoms with Crippen molar-refractivity contribution in [3.8, 4) is 0 Å². The number of amidine groups is 1. The van der Waals surface area contributed by atoms with Gasteiger partial charge in [-0.25, -0.2) is 13.1 Å². The molecule has 1 N–H and O–H groups in total. The van der Waals surface area contributed by atoms with Crippen molar-refractivity contribution in [1.82, 2.24) is 9.62 Å². The van der Waals surface area contributed by atoms with E-state index in [-0.39, 0.29) is 16.3 Å². The minimum Gasteiger partial charge on any atom is -0.346 e. The molecule has 7 nitrogen and oxygen atoms in total. The number of hydrogen-bond donors (Lipinski definition) is 1. The largest absolute Gasteiger partial charge is 0.346 e. The van der Waals surface area contributed by atoms with Crippen LogP contribution >= 0.6 is 11.8 Å². The minimum atomic E-state index is -3.98. The molecule has 28 heavy (non-hydrogen) atoms. The van der Waals surface area contributed by atoms with E-state index < -0.39 is 20.0 Å². The third kappa shape index (κ3) is 3.57. The summed E-state index contributed by atoms with van der Waals surface area (Å²) < 4.78 is 56.3. The van der Waals surface area contributed by atoms with E-state index in [0.29, 0.717) is 23.2 Å². The lowest BCUT2D eigenvalue weighted by atomic mass is 10.0. The molecule has 2 aliphatic rings. The van der Waals surface area contributed by atoms with Gasteiger partial charge in [0, 0.05) is 24.5 Å². The second-order valence-corrected chi connectivity index (χ2v) is 10.8. The van der Waals surface area contributed by atoms with Gasteiger partial charge >= 0.3 is 0 Å². The molecule has 0 amide bonds. The molecule has 0 fully saturated rings. The Labute approximate surface area is 169 Å². The quantitative estimate of drug-likeness (QED) is 0.791. The summed E-state index contributed by atoms with van der Waals surface area (Å²) in [5.74, 6) is 0. The summed E-state index contributed by atoms with van der Waals surface area (Å²) >= 11 is 1.25. The van der Waals surface area contributed by atoms with Crippen LogP contribution in [0.4, 0.5) is 0 Å². The number of rotatable bonds is 3. The summed E-state index contributed by atoms with van der Waals surface area (Å²) in [6, 6.07) is 12.2. The van der Waals surface area contributed by atoms with Crippen LogP contribution in [0.3, 0.4) is 0 Å². The van der Waals surface area contributed by atoms with Crippen molar-refractivity contribution >= 4 is 37.0 Å². The third-order valence-corrected chi connectivity index (χ3v) is 8.84. The molecule has 4 rings (SSSR count). The molecule has 0 saturated carbocycles. The summed E-state index contributed by atoms with van der Waals surface area (Å²) in [4.78, 5) is 2.29. The zero-order valence-corrected chi connectivity index (χ0v) is 17.6. The number of nitrogens with one attached hydrogen (secondary N) is 1. The fraction of sp³-hybridized carbons (Fsp3) is 0.278. The highest BCUT2D eigenvalue weighted by molar-refractivity contribution is 8.15. The molecule has 0 unspecified atom stereocenters. The van der Waals surface area contributed by atoms with E-state index in [4.69, 9.17) is 0 Å². The molecule has 0 spiro atoms. The van der Waals surface area contributed by atoms with Gasteiger partial charge in [0.25, 0.3) is 10.0 Å². The van der Waals surface area contributed by atoms with Gasteiger partial charge in [-0.15, -0.1) is 4.40 Å². The normalized spacial score (nSPS) is 18.2. The van der Waals surface area contributed by atoms with Crippen molar-refractivity contribution in [2.24, 2.45) is 4.40 Å². The van der Waals surface area contributed by atoms with Gasteiger partial charge in [0.2, 0.25) is 10.0 Å². The van der Waals surface area contributed by atoms with E-state index in [2.05, 4.69) is 15.2 Å². The zero-order valence-electron chi connectivity index (χ0n) is 15.1. The molecule has 2 aromatic carbocycles. The summed E-state index contributed by atoms with van der Waals surface area (Å²) in [7, 11) is -7.73. The fourth-order valence-electron chi connectivity index (χ4n) is 3.27. The van der Waals surface area contributed by atoms with Crippen molar-refractivity contribution < 1.29 is 16.8 Å². The van der Waals surface area contributed by atoms with Crippen LogP contribution in [-0.4, -0.2) is 40.0 Å². The second-order valence-electron chi connectivity index (χ2n) is 6.50. The predicted octanol–water partition coefficient (Wildman–Crippen LogP) is 2.19. The first kappa shape index (κ1) is 19.4. The maximum atomic E-state index is 12.8. The zero-order chi connectivity index (χ0) is 19.9.